The first-order valence-electron chi connectivity index (χ1n) is 9.79. The molecule has 0 saturated carbocycles. The molecule has 0 unspecified atom stereocenters. The molecule has 0 aliphatic heterocycles. The number of benzene rings is 3. The summed E-state index contributed by atoms with van der Waals surface area (Å²) >= 11 is 0. The maximum absolute atomic E-state index is 13.0. The highest BCUT2D eigenvalue weighted by atomic mass is 32.2. The fraction of sp³-hybridized carbons (Fsp3) is 0.208. The lowest BCUT2D eigenvalue weighted by Gasteiger charge is -2.19. The number of carbonyl (C=O) groups excluding carboxylic acids is 1. The van der Waals surface area contributed by atoms with Gasteiger partial charge in [0.2, 0.25) is 10.0 Å². The van der Waals surface area contributed by atoms with E-state index in [1.165, 1.54) is 18.5 Å². The number of hydrogen-bond acceptors (Lipinski definition) is 4. The van der Waals surface area contributed by atoms with Crippen LogP contribution in [0, 0.1) is 13.8 Å². The summed E-state index contributed by atoms with van der Waals surface area (Å²) in [6, 6.07) is 19.2. The van der Waals surface area contributed by atoms with Crippen LogP contribution >= 0.6 is 0 Å². The predicted molar refractivity (Wildman–Crippen MR) is 122 cm³/mol. The summed E-state index contributed by atoms with van der Waals surface area (Å²) in [5, 5.41) is 2.89. The molecule has 0 aliphatic carbocycles. The van der Waals surface area contributed by atoms with Crippen LogP contribution in [-0.4, -0.2) is 32.8 Å². The van der Waals surface area contributed by atoms with Gasteiger partial charge in [0.1, 0.15) is 5.75 Å². The Kier molecular flexibility index (Phi) is 6.77. The molecule has 0 heterocycles. The summed E-state index contributed by atoms with van der Waals surface area (Å²) in [5.74, 6) is 0.237. The van der Waals surface area contributed by atoms with E-state index in [9.17, 15) is 13.2 Å². The minimum Gasteiger partial charge on any atom is -0.496 e. The molecule has 0 atom stereocenters. The molecule has 0 aliphatic rings. The van der Waals surface area contributed by atoms with Crippen LogP contribution in [0.2, 0.25) is 0 Å². The van der Waals surface area contributed by atoms with E-state index in [4.69, 9.17) is 4.74 Å². The van der Waals surface area contributed by atoms with Crippen molar-refractivity contribution in [2.24, 2.45) is 0 Å². The zero-order chi connectivity index (χ0) is 22.6. The Morgan fingerprint density at radius 1 is 1.00 bits per heavy atom. The van der Waals surface area contributed by atoms with Gasteiger partial charge in [0, 0.05) is 30.4 Å². The summed E-state index contributed by atoms with van der Waals surface area (Å²) in [7, 11) is -0.666. The number of nitrogens with one attached hydrogen (secondary N) is 1. The Hall–Kier alpha value is -3.16. The van der Waals surface area contributed by atoms with Gasteiger partial charge in [-0.15, -0.1) is 0 Å². The fourth-order valence-corrected chi connectivity index (χ4v) is 4.32. The average Bonchev–Trinajstić information content (AvgIpc) is 2.75. The van der Waals surface area contributed by atoms with Gasteiger partial charge < -0.3 is 10.1 Å². The van der Waals surface area contributed by atoms with Crippen molar-refractivity contribution in [2.75, 3.05) is 19.5 Å². The number of hydrogen-bond donors (Lipinski definition) is 1. The lowest BCUT2D eigenvalue weighted by molar-refractivity contribution is 0.102. The quantitative estimate of drug-likeness (QED) is 0.594. The molecule has 3 aromatic rings. The number of para-hydroxylation sites is 1. The van der Waals surface area contributed by atoms with Gasteiger partial charge in [-0.1, -0.05) is 35.9 Å². The van der Waals surface area contributed by atoms with Crippen molar-refractivity contribution in [3.05, 3.63) is 89.0 Å². The van der Waals surface area contributed by atoms with Crippen LogP contribution in [0.3, 0.4) is 0 Å². The Balaban J connectivity index is 1.86. The molecular formula is C24H26N2O4S. The molecule has 3 rings (SSSR count). The zero-order valence-electron chi connectivity index (χ0n) is 18.0. The average molecular weight is 439 g/mol. The molecule has 162 valence electrons. The molecule has 3 aromatic carbocycles. The molecule has 0 fully saturated rings. The number of ether oxygens (including phenoxy) is 1. The van der Waals surface area contributed by atoms with Crippen LogP contribution in [0.25, 0.3) is 0 Å². The zero-order valence-corrected chi connectivity index (χ0v) is 18.9. The Labute approximate surface area is 183 Å². The van der Waals surface area contributed by atoms with Crippen LogP contribution in [0.1, 0.15) is 27.0 Å². The Morgan fingerprint density at radius 2 is 1.68 bits per heavy atom. The molecule has 1 amide bonds. The smallest absolute Gasteiger partial charge is 0.255 e. The first kappa shape index (κ1) is 22.5. The summed E-state index contributed by atoms with van der Waals surface area (Å²) in [4.78, 5) is 13.0. The number of sulfonamides is 1. The number of anilines is 1. The van der Waals surface area contributed by atoms with E-state index in [0.29, 0.717) is 16.9 Å². The van der Waals surface area contributed by atoms with Gasteiger partial charge in [-0.05, 0) is 55.8 Å². The third-order valence-electron chi connectivity index (χ3n) is 5.06. The van der Waals surface area contributed by atoms with Crippen molar-refractivity contribution >= 4 is 21.6 Å². The second kappa shape index (κ2) is 9.32. The summed E-state index contributed by atoms with van der Waals surface area (Å²) < 4.78 is 32.5. The van der Waals surface area contributed by atoms with Gasteiger partial charge in [-0.25, -0.2) is 8.42 Å². The molecule has 0 spiro atoms. The maximum Gasteiger partial charge on any atom is 0.255 e. The van der Waals surface area contributed by atoms with E-state index in [0.717, 1.165) is 16.8 Å². The van der Waals surface area contributed by atoms with Crippen molar-refractivity contribution in [2.45, 2.75) is 25.3 Å². The standard InChI is InChI=1S/C24H26N2O4S/c1-17-9-12-21(13-10-17)31(28,29)26(3)16-20-15-19(11-14-23(20)30-4)24(27)25-22-8-6-5-7-18(22)2/h5-15H,16H2,1-4H3,(H,25,27). The van der Waals surface area contributed by atoms with Gasteiger partial charge in [-0.2, -0.15) is 4.31 Å². The van der Waals surface area contributed by atoms with Gasteiger partial charge in [0.05, 0.1) is 12.0 Å². The highest BCUT2D eigenvalue weighted by Gasteiger charge is 2.22. The Bertz CT molecular complexity index is 1190. The first-order valence-corrected chi connectivity index (χ1v) is 11.2. The van der Waals surface area contributed by atoms with E-state index in [1.54, 1.807) is 42.5 Å². The normalized spacial score (nSPS) is 11.4. The van der Waals surface area contributed by atoms with Gasteiger partial charge >= 0.3 is 0 Å². The van der Waals surface area contributed by atoms with E-state index >= 15 is 0 Å². The van der Waals surface area contributed by atoms with Crippen molar-refractivity contribution in [1.82, 2.24) is 4.31 Å². The van der Waals surface area contributed by atoms with Gasteiger partial charge in [0.25, 0.3) is 5.91 Å². The maximum atomic E-state index is 13.0. The molecule has 1 N–H and O–H groups in total. The minimum atomic E-state index is -3.69. The van der Waals surface area contributed by atoms with Crippen LogP contribution in [0.4, 0.5) is 5.69 Å². The number of amides is 1. The highest BCUT2D eigenvalue weighted by Crippen LogP contribution is 2.25. The van der Waals surface area contributed by atoms with Crippen LogP contribution < -0.4 is 10.1 Å². The molecule has 31 heavy (non-hydrogen) atoms. The van der Waals surface area contributed by atoms with Gasteiger partial charge in [-0.3, -0.25) is 4.79 Å². The van der Waals surface area contributed by atoms with Crippen LogP contribution in [0.5, 0.6) is 5.75 Å². The van der Waals surface area contributed by atoms with Crippen molar-refractivity contribution in [3.8, 4) is 5.75 Å². The third kappa shape index (κ3) is 5.13. The lowest BCUT2D eigenvalue weighted by Crippen LogP contribution is -2.27. The second-order valence-corrected chi connectivity index (χ2v) is 9.41. The first-order chi connectivity index (χ1) is 14.7. The summed E-state index contributed by atoms with van der Waals surface area (Å²) in [5.41, 5.74) is 3.67. The summed E-state index contributed by atoms with van der Waals surface area (Å²) in [6.45, 7) is 3.88. The summed E-state index contributed by atoms with van der Waals surface area (Å²) in [6.07, 6.45) is 0. The molecule has 6 nitrogen and oxygen atoms in total. The monoisotopic (exact) mass is 438 g/mol. The number of rotatable bonds is 7. The van der Waals surface area contributed by atoms with E-state index in [2.05, 4.69) is 5.32 Å². The largest absolute Gasteiger partial charge is 0.496 e. The Morgan fingerprint density at radius 3 is 2.32 bits per heavy atom. The fourth-order valence-electron chi connectivity index (χ4n) is 3.17. The molecule has 0 radical (unpaired) electrons. The minimum absolute atomic E-state index is 0.0604. The molecule has 0 bridgehead atoms. The molecule has 0 aromatic heterocycles. The molecule has 0 saturated heterocycles. The van der Waals surface area contributed by atoms with Crippen LogP contribution in [0.15, 0.2) is 71.6 Å². The molecular weight excluding hydrogens is 412 g/mol. The highest BCUT2D eigenvalue weighted by molar-refractivity contribution is 7.89. The van der Waals surface area contributed by atoms with Crippen molar-refractivity contribution in [3.63, 3.8) is 0 Å². The van der Waals surface area contributed by atoms with Crippen molar-refractivity contribution in [1.29, 1.82) is 0 Å². The number of carbonyl (C=O) groups is 1. The number of methoxy groups -OCH3 is 1. The topological polar surface area (TPSA) is 75.7 Å². The predicted octanol–water partition coefficient (Wildman–Crippen LogP) is 4.39. The number of nitrogens with zero attached hydrogens (tertiary/aromatic N) is 1. The third-order valence-corrected chi connectivity index (χ3v) is 6.88. The SMILES string of the molecule is COc1ccc(C(=O)Nc2ccccc2C)cc1CN(C)S(=O)(=O)c1ccc(C)cc1. The van der Waals surface area contributed by atoms with E-state index < -0.39 is 10.0 Å². The van der Waals surface area contributed by atoms with Crippen LogP contribution in [-0.2, 0) is 16.6 Å². The van der Waals surface area contributed by atoms with E-state index in [1.807, 2.05) is 38.1 Å². The lowest BCUT2D eigenvalue weighted by atomic mass is 10.1. The van der Waals surface area contributed by atoms with E-state index in [-0.39, 0.29) is 17.3 Å². The van der Waals surface area contributed by atoms with Crippen molar-refractivity contribution < 1.29 is 17.9 Å². The van der Waals surface area contributed by atoms with Gasteiger partial charge in [0.15, 0.2) is 0 Å². The number of aryl methyl sites for hydroxylation is 2. The molecule has 7 heteroatoms. The second-order valence-electron chi connectivity index (χ2n) is 7.37.